The second-order valence-corrected chi connectivity index (χ2v) is 5.57. The van der Waals surface area contributed by atoms with E-state index < -0.39 is 0 Å². The van der Waals surface area contributed by atoms with Gasteiger partial charge in [-0.3, -0.25) is 0 Å². The minimum atomic E-state index is -0.264. The molecule has 106 valence electrons. The second-order valence-electron chi connectivity index (χ2n) is 5.57. The molecular weight excluding hydrogens is 242 g/mol. The molecule has 1 saturated heterocycles. The molecule has 0 aromatic carbocycles. The van der Waals surface area contributed by atoms with E-state index in [4.69, 9.17) is 10.5 Å². The zero-order chi connectivity index (χ0) is 14.0. The number of aromatic nitrogens is 1. The summed E-state index contributed by atoms with van der Waals surface area (Å²) in [5.74, 6) is -0.264. The third-order valence-corrected chi connectivity index (χ3v) is 3.57. The molecule has 0 spiro atoms. The van der Waals surface area contributed by atoms with Gasteiger partial charge in [-0.2, -0.15) is 0 Å². The number of hydrogen-bond donors (Lipinski definition) is 1. The molecule has 2 rings (SSSR count). The van der Waals surface area contributed by atoms with Gasteiger partial charge in [-0.1, -0.05) is 0 Å². The van der Waals surface area contributed by atoms with Crippen LogP contribution < -0.4 is 5.73 Å². The smallest absolute Gasteiger partial charge is 0.355 e. The van der Waals surface area contributed by atoms with Crippen LogP contribution in [-0.2, 0) is 4.74 Å². The monoisotopic (exact) mass is 265 g/mol. The zero-order valence-corrected chi connectivity index (χ0v) is 11.9. The van der Waals surface area contributed by atoms with Gasteiger partial charge >= 0.3 is 5.97 Å². The molecule has 0 radical (unpaired) electrons. The van der Waals surface area contributed by atoms with E-state index in [1.165, 1.54) is 0 Å². The topological polar surface area (TPSA) is 60.5 Å². The lowest BCUT2D eigenvalue weighted by Crippen LogP contribution is -2.35. The van der Waals surface area contributed by atoms with Crippen molar-refractivity contribution in [3.8, 4) is 0 Å². The van der Waals surface area contributed by atoms with Gasteiger partial charge < -0.3 is 19.9 Å². The van der Waals surface area contributed by atoms with Crippen LogP contribution in [0.15, 0.2) is 12.3 Å². The van der Waals surface area contributed by atoms with Gasteiger partial charge in [0.1, 0.15) is 11.8 Å². The fourth-order valence-electron chi connectivity index (χ4n) is 2.41. The highest BCUT2D eigenvalue weighted by Crippen LogP contribution is 2.20. The molecule has 1 aromatic rings. The highest BCUT2D eigenvalue weighted by molar-refractivity contribution is 5.89. The van der Waals surface area contributed by atoms with Gasteiger partial charge in [-0.15, -0.1) is 0 Å². The van der Waals surface area contributed by atoms with Crippen molar-refractivity contribution in [1.82, 2.24) is 9.47 Å². The van der Waals surface area contributed by atoms with Crippen molar-refractivity contribution in [1.29, 1.82) is 0 Å². The number of esters is 1. The van der Waals surface area contributed by atoms with Crippen LogP contribution in [0.2, 0.25) is 0 Å². The molecule has 0 amide bonds. The molecule has 1 aromatic heterocycles. The molecule has 19 heavy (non-hydrogen) atoms. The average Bonchev–Trinajstić information content (AvgIpc) is 2.74. The number of anilines is 1. The van der Waals surface area contributed by atoms with Crippen molar-refractivity contribution in [3.63, 3.8) is 0 Å². The summed E-state index contributed by atoms with van der Waals surface area (Å²) in [6.07, 6.45) is 3.62. The fraction of sp³-hybridized carbons (Fsp3) is 0.643. The van der Waals surface area contributed by atoms with Crippen LogP contribution in [0.25, 0.3) is 0 Å². The number of nitrogens with two attached hydrogens (primary N) is 1. The molecule has 0 unspecified atom stereocenters. The fourth-order valence-corrected chi connectivity index (χ4v) is 2.41. The highest BCUT2D eigenvalue weighted by atomic mass is 16.5. The van der Waals surface area contributed by atoms with E-state index in [0.717, 1.165) is 25.9 Å². The normalized spacial score (nSPS) is 17.9. The van der Waals surface area contributed by atoms with Gasteiger partial charge in [0.15, 0.2) is 0 Å². The number of carbonyl (C=O) groups is 1. The lowest BCUT2D eigenvalue weighted by atomic mass is 10.1. The number of rotatable bonds is 3. The Morgan fingerprint density at radius 2 is 2.05 bits per heavy atom. The average molecular weight is 265 g/mol. The minimum Gasteiger partial charge on any atom is -0.458 e. The summed E-state index contributed by atoms with van der Waals surface area (Å²) in [5.41, 5.74) is 6.92. The summed E-state index contributed by atoms with van der Waals surface area (Å²) in [6, 6.07) is 1.88. The van der Waals surface area contributed by atoms with Crippen LogP contribution in [0, 0.1) is 0 Å². The van der Waals surface area contributed by atoms with E-state index in [9.17, 15) is 4.79 Å². The third kappa shape index (κ3) is 3.29. The Bertz CT molecular complexity index is 446. The number of nitrogen functional groups attached to an aromatic ring is 1. The Labute approximate surface area is 114 Å². The molecule has 2 N–H and O–H groups in total. The van der Waals surface area contributed by atoms with Gasteiger partial charge in [-0.05, 0) is 39.8 Å². The van der Waals surface area contributed by atoms with Crippen LogP contribution in [0.4, 0.5) is 5.69 Å². The predicted molar refractivity (Wildman–Crippen MR) is 75.2 cm³/mol. The van der Waals surface area contributed by atoms with Crippen LogP contribution in [-0.4, -0.2) is 41.7 Å². The number of ether oxygens (including phenoxy) is 1. The second kappa shape index (κ2) is 5.65. The lowest BCUT2D eigenvalue weighted by Gasteiger charge is -2.28. The zero-order valence-electron chi connectivity index (χ0n) is 11.9. The molecule has 1 fully saturated rings. The molecule has 5 nitrogen and oxygen atoms in total. The van der Waals surface area contributed by atoms with Gasteiger partial charge in [0.2, 0.25) is 0 Å². The number of hydrogen-bond acceptors (Lipinski definition) is 4. The predicted octanol–water partition coefficient (Wildman–Crippen LogP) is 1.90. The Balaban J connectivity index is 2.03. The van der Waals surface area contributed by atoms with Gasteiger partial charge in [0.25, 0.3) is 0 Å². The number of nitrogens with zero attached hydrogens (tertiary/aromatic N) is 2. The molecule has 0 saturated carbocycles. The summed E-state index contributed by atoms with van der Waals surface area (Å²) in [4.78, 5) is 14.5. The van der Waals surface area contributed by atoms with Crippen LogP contribution >= 0.6 is 0 Å². The van der Waals surface area contributed by atoms with Crippen molar-refractivity contribution in [2.75, 3.05) is 25.9 Å². The Morgan fingerprint density at radius 1 is 1.42 bits per heavy atom. The molecule has 0 aliphatic carbocycles. The summed E-state index contributed by atoms with van der Waals surface area (Å²) in [5, 5.41) is 0. The first-order valence-electron chi connectivity index (χ1n) is 6.84. The van der Waals surface area contributed by atoms with Crippen molar-refractivity contribution in [2.45, 2.75) is 38.8 Å². The van der Waals surface area contributed by atoms with Crippen LogP contribution in [0.5, 0.6) is 0 Å². The highest BCUT2D eigenvalue weighted by Gasteiger charge is 2.23. The standard InChI is InChI=1S/C14H23N3O2/c1-10(2)17-9-11(15)8-13(17)14(18)19-12-4-6-16(3)7-5-12/h8-10,12H,4-7,15H2,1-3H3. The number of piperidine rings is 1. The maximum atomic E-state index is 12.2. The van der Waals surface area contributed by atoms with Gasteiger partial charge in [-0.25, -0.2) is 4.79 Å². The molecule has 1 aliphatic heterocycles. The lowest BCUT2D eigenvalue weighted by molar-refractivity contribution is 0.0127. The first kappa shape index (κ1) is 13.9. The molecule has 1 aliphatic rings. The van der Waals surface area contributed by atoms with E-state index in [0.29, 0.717) is 11.4 Å². The number of likely N-dealkylation sites (tertiary alicyclic amines) is 1. The SMILES string of the molecule is CC(C)n1cc(N)cc1C(=O)OC1CCN(C)CC1. The van der Waals surface area contributed by atoms with E-state index in [2.05, 4.69) is 11.9 Å². The quantitative estimate of drug-likeness (QED) is 0.848. The maximum Gasteiger partial charge on any atom is 0.355 e. The van der Waals surface area contributed by atoms with E-state index in [1.54, 1.807) is 12.3 Å². The summed E-state index contributed by atoms with van der Waals surface area (Å²) >= 11 is 0. The van der Waals surface area contributed by atoms with Crippen LogP contribution in [0.1, 0.15) is 43.2 Å². The molecule has 0 bridgehead atoms. The Kier molecular flexibility index (Phi) is 4.14. The third-order valence-electron chi connectivity index (χ3n) is 3.57. The molecule has 0 atom stereocenters. The maximum absolute atomic E-state index is 12.2. The van der Waals surface area contributed by atoms with E-state index in [1.807, 2.05) is 18.4 Å². The van der Waals surface area contributed by atoms with Crippen LogP contribution in [0.3, 0.4) is 0 Å². The molecule has 5 heteroatoms. The summed E-state index contributed by atoms with van der Waals surface area (Å²) in [7, 11) is 2.09. The van der Waals surface area contributed by atoms with Crippen molar-refractivity contribution in [3.05, 3.63) is 18.0 Å². The Morgan fingerprint density at radius 3 is 2.63 bits per heavy atom. The van der Waals surface area contributed by atoms with Gasteiger partial charge in [0.05, 0.1) is 5.69 Å². The first-order valence-corrected chi connectivity index (χ1v) is 6.84. The first-order chi connectivity index (χ1) is 8.97. The van der Waals surface area contributed by atoms with Crippen molar-refractivity contribution in [2.24, 2.45) is 0 Å². The van der Waals surface area contributed by atoms with Crippen molar-refractivity contribution >= 4 is 11.7 Å². The molecule has 2 heterocycles. The van der Waals surface area contributed by atoms with Crippen molar-refractivity contribution < 1.29 is 9.53 Å². The Hall–Kier alpha value is -1.49. The number of carbonyl (C=O) groups excluding carboxylic acids is 1. The summed E-state index contributed by atoms with van der Waals surface area (Å²) in [6.45, 7) is 5.99. The van der Waals surface area contributed by atoms with E-state index >= 15 is 0 Å². The molecular formula is C14H23N3O2. The van der Waals surface area contributed by atoms with E-state index in [-0.39, 0.29) is 18.1 Å². The van der Waals surface area contributed by atoms with Gasteiger partial charge in [0, 0.05) is 25.3 Å². The largest absolute Gasteiger partial charge is 0.458 e. The summed E-state index contributed by atoms with van der Waals surface area (Å²) < 4.78 is 7.46. The minimum absolute atomic E-state index is 0.0282.